The van der Waals surface area contributed by atoms with E-state index in [9.17, 15) is 9.59 Å². The molecule has 3 aromatic rings. The van der Waals surface area contributed by atoms with Gasteiger partial charge in [0.1, 0.15) is 16.1 Å². The van der Waals surface area contributed by atoms with Gasteiger partial charge in [-0.25, -0.2) is 14.8 Å². The van der Waals surface area contributed by atoms with E-state index in [1.54, 1.807) is 27.9 Å². The summed E-state index contributed by atoms with van der Waals surface area (Å²) in [5, 5.41) is 4.87. The number of amides is 1. The Morgan fingerprint density at radius 2 is 2.00 bits per heavy atom. The minimum absolute atomic E-state index is 0.164. The summed E-state index contributed by atoms with van der Waals surface area (Å²) in [4.78, 5) is 33.8. The largest absolute Gasteiger partial charge is 0.494 e. The van der Waals surface area contributed by atoms with Crippen molar-refractivity contribution < 1.29 is 19.1 Å². The maximum absolute atomic E-state index is 12.4. The second-order valence-corrected chi connectivity index (χ2v) is 8.85. The maximum Gasteiger partial charge on any atom is 0.350 e. The molecule has 0 saturated carbocycles. The highest BCUT2D eigenvalue weighted by Gasteiger charge is 2.19. The lowest BCUT2D eigenvalue weighted by Crippen LogP contribution is -2.14. The van der Waals surface area contributed by atoms with Gasteiger partial charge >= 0.3 is 5.97 Å². The number of esters is 1. The molecule has 2 aromatic heterocycles. The van der Waals surface area contributed by atoms with Crippen LogP contribution in [0.5, 0.6) is 5.75 Å². The number of fused-ring (bicyclic) bond motifs is 1. The number of benzene rings is 1. The molecular formula is C21H23N3O4S2. The minimum atomic E-state index is -0.431. The van der Waals surface area contributed by atoms with Crippen LogP contribution in [0, 0.1) is 13.8 Å². The van der Waals surface area contributed by atoms with Crippen LogP contribution in [0.25, 0.3) is 10.9 Å². The van der Waals surface area contributed by atoms with Crippen molar-refractivity contribution in [3.05, 3.63) is 40.4 Å². The fourth-order valence-corrected chi connectivity index (χ4v) is 4.43. The zero-order valence-corrected chi connectivity index (χ0v) is 19.1. The van der Waals surface area contributed by atoms with Crippen LogP contribution >= 0.6 is 23.1 Å². The van der Waals surface area contributed by atoms with Gasteiger partial charge in [0.25, 0.3) is 0 Å². The fourth-order valence-electron chi connectivity index (χ4n) is 2.80. The SMILES string of the molecule is COc1cccc2c(C)cc(SCC(=O)Nc3nc(C)c(C(=O)OC(C)C)s3)nc12. The van der Waals surface area contributed by atoms with Crippen LogP contribution in [0.3, 0.4) is 0 Å². The average molecular weight is 446 g/mol. The predicted molar refractivity (Wildman–Crippen MR) is 120 cm³/mol. The highest BCUT2D eigenvalue weighted by molar-refractivity contribution is 7.99. The Hall–Kier alpha value is -2.65. The van der Waals surface area contributed by atoms with E-state index < -0.39 is 5.97 Å². The Morgan fingerprint density at radius 1 is 1.23 bits per heavy atom. The number of ether oxygens (including phenoxy) is 2. The number of methoxy groups -OCH3 is 1. The Morgan fingerprint density at radius 3 is 2.70 bits per heavy atom. The van der Waals surface area contributed by atoms with Crippen LogP contribution in [0.1, 0.15) is 34.8 Å². The number of carbonyl (C=O) groups is 2. The quantitative estimate of drug-likeness (QED) is 0.419. The molecule has 3 rings (SSSR count). The van der Waals surface area contributed by atoms with Crippen molar-refractivity contribution in [2.45, 2.75) is 38.8 Å². The van der Waals surface area contributed by atoms with E-state index in [2.05, 4.69) is 15.3 Å². The first kappa shape index (κ1) is 22.0. The van der Waals surface area contributed by atoms with Crippen molar-refractivity contribution in [3.63, 3.8) is 0 Å². The number of hydrogen-bond acceptors (Lipinski definition) is 8. The van der Waals surface area contributed by atoms with Crippen LogP contribution < -0.4 is 10.1 Å². The number of aryl methyl sites for hydroxylation is 2. The van der Waals surface area contributed by atoms with Gasteiger partial charge < -0.3 is 14.8 Å². The van der Waals surface area contributed by atoms with Crippen molar-refractivity contribution in [1.29, 1.82) is 0 Å². The van der Waals surface area contributed by atoms with Crippen LogP contribution in [0.4, 0.5) is 5.13 Å². The Bertz CT molecular complexity index is 1100. The van der Waals surface area contributed by atoms with Crippen LogP contribution in [-0.4, -0.2) is 40.8 Å². The zero-order chi connectivity index (χ0) is 21.8. The Labute approximate surface area is 183 Å². The van der Waals surface area contributed by atoms with Crippen molar-refractivity contribution >= 4 is 51.0 Å². The summed E-state index contributed by atoms with van der Waals surface area (Å²) in [5.41, 5.74) is 2.37. The summed E-state index contributed by atoms with van der Waals surface area (Å²) in [6.45, 7) is 7.29. The maximum atomic E-state index is 12.4. The van der Waals surface area contributed by atoms with Crippen LogP contribution in [-0.2, 0) is 9.53 Å². The third kappa shape index (κ3) is 5.09. The summed E-state index contributed by atoms with van der Waals surface area (Å²) >= 11 is 2.44. The molecule has 9 heteroatoms. The summed E-state index contributed by atoms with van der Waals surface area (Å²) in [5.74, 6) is 0.204. The first-order valence-corrected chi connectivity index (χ1v) is 11.1. The minimum Gasteiger partial charge on any atom is -0.494 e. The van der Waals surface area contributed by atoms with Gasteiger partial charge in [0.2, 0.25) is 5.91 Å². The summed E-state index contributed by atoms with van der Waals surface area (Å²) in [6.07, 6.45) is -0.218. The second kappa shape index (κ2) is 9.44. The molecular weight excluding hydrogens is 422 g/mol. The predicted octanol–water partition coefficient (Wildman–Crippen LogP) is 4.61. The normalized spacial score (nSPS) is 11.0. The molecule has 158 valence electrons. The molecule has 0 fully saturated rings. The molecule has 2 heterocycles. The fraction of sp³-hybridized carbons (Fsp3) is 0.333. The topological polar surface area (TPSA) is 90.4 Å². The van der Waals surface area contributed by atoms with Gasteiger partial charge in [-0.05, 0) is 45.4 Å². The highest BCUT2D eigenvalue weighted by atomic mass is 32.2. The third-order valence-corrected chi connectivity index (χ3v) is 6.09. The monoisotopic (exact) mass is 445 g/mol. The Kier molecular flexibility index (Phi) is 6.94. The highest BCUT2D eigenvalue weighted by Crippen LogP contribution is 2.30. The van der Waals surface area contributed by atoms with E-state index in [0.29, 0.717) is 21.5 Å². The molecule has 0 saturated heterocycles. The van der Waals surface area contributed by atoms with Gasteiger partial charge in [-0.15, -0.1) is 0 Å². The lowest BCUT2D eigenvalue weighted by molar-refractivity contribution is -0.113. The number of para-hydroxylation sites is 1. The number of pyridine rings is 1. The van der Waals surface area contributed by atoms with E-state index in [-0.39, 0.29) is 17.8 Å². The second-order valence-electron chi connectivity index (χ2n) is 6.86. The third-order valence-electron chi connectivity index (χ3n) is 4.13. The molecule has 0 aliphatic carbocycles. The van der Waals surface area contributed by atoms with E-state index in [1.807, 2.05) is 31.2 Å². The first-order chi connectivity index (χ1) is 14.3. The molecule has 0 aliphatic rings. The summed E-state index contributed by atoms with van der Waals surface area (Å²) < 4.78 is 10.6. The number of anilines is 1. The van der Waals surface area contributed by atoms with E-state index in [1.165, 1.54) is 11.8 Å². The number of carbonyl (C=O) groups excluding carboxylic acids is 2. The average Bonchev–Trinajstić information content (AvgIpc) is 3.05. The van der Waals surface area contributed by atoms with Gasteiger partial charge in [-0.1, -0.05) is 35.2 Å². The number of nitrogens with one attached hydrogen (secondary N) is 1. The van der Waals surface area contributed by atoms with Gasteiger partial charge in [0, 0.05) is 5.39 Å². The van der Waals surface area contributed by atoms with Gasteiger partial charge in [-0.3, -0.25) is 4.79 Å². The standard InChI is InChI=1S/C21H23N3O4S2/c1-11(2)28-20(26)19-13(4)22-21(30-19)23-16(25)10-29-17-9-12(3)14-7-6-8-15(27-5)18(14)24-17/h6-9,11H,10H2,1-5H3,(H,22,23,25). The lowest BCUT2D eigenvalue weighted by atomic mass is 10.1. The Balaban J connectivity index is 1.67. The first-order valence-electron chi connectivity index (χ1n) is 9.34. The number of thiazole rings is 1. The molecule has 0 atom stereocenters. The van der Waals surface area contributed by atoms with E-state index >= 15 is 0 Å². The lowest BCUT2D eigenvalue weighted by Gasteiger charge is -2.09. The van der Waals surface area contributed by atoms with Crippen molar-refractivity contribution in [3.8, 4) is 5.75 Å². The zero-order valence-electron chi connectivity index (χ0n) is 17.4. The van der Waals surface area contributed by atoms with Gasteiger partial charge in [0.15, 0.2) is 5.13 Å². The molecule has 1 N–H and O–H groups in total. The summed E-state index contributed by atoms with van der Waals surface area (Å²) in [7, 11) is 1.61. The molecule has 1 aromatic carbocycles. The molecule has 0 aliphatic heterocycles. The van der Waals surface area contributed by atoms with Gasteiger partial charge in [-0.2, -0.15) is 0 Å². The summed E-state index contributed by atoms with van der Waals surface area (Å²) in [6, 6.07) is 7.74. The smallest absolute Gasteiger partial charge is 0.350 e. The van der Waals surface area contributed by atoms with Crippen LogP contribution in [0.15, 0.2) is 29.3 Å². The molecule has 0 radical (unpaired) electrons. The number of aromatic nitrogens is 2. The van der Waals surface area contributed by atoms with Crippen molar-refractivity contribution in [2.24, 2.45) is 0 Å². The van der Waals surface area contributed by atoms with Gasteiger partial charge in [0.05, 0.1) is 29.7 Å². The number of thioether (sulfide) groups is 1. The number of hydrogen-bond donors (Lipinski definition) is 1. The van der Waals surface area contributed by atoms with Crippen molar-refractivity contribution in [1.82, 2.24) is 9.97 Å². The van der Waals surface area contributed by atoms with E-state index in [0.717, 1.165) is 32.8 Å². The number of rotatable bonds is 7. The van der Waals surface area contributed by atoms with Crippen LogP contribution in [0.2, 0.25) is 0 Å². The molecule has 0 bridgehead atoms. The molecule has 7 nitrogen and oxygen atoms in total. The number of nitrogens with zero attached hydrogens (tertiary/aromatic N) is 2. The molecule has 1 amide bonds. The molecule has 0 spiro atoms. The van der Waals surface area contributed by atoms with E-state index in [4.69, 9.17) is 9.47 Å². The molecule has 0 unspecified atom stereocenters. The van der Waals surface area contributed by atoms with Crippen molar-refractivity contribution in [2.75, 3.05) is 18.2 Å². The molecule has 30 heavy (non-hydrogen) atoms.